The molecule has 2 heterocycles. The van der Waals surface area contributed by atoms with Crippen molar-refractivity contribution in [3.05, 3.63) is 89.3 Å². The topological polar surface area (TPSA) is 50.3 Å². The van der Waals surface area contributed by atoms with Crippen LogP contribution in [-0.2, 0) is 11.5 Å². The van der Waals surface area contributed by atoms with Crippen molar-refractivity contribution in [2.45, 2.75) is 32.2 Å². The standard InChI is InChI=1S/C29H35N3O2Si/c1-29(2,3)35(24-11-7-5-8-12-24,25-13-9-6-10-14-25)34-21-22-17-18-32(20-22)23-15-16-26-27(19-23)31(4)28(33)30-26/h5-16,19,22H,17-18,20-21H2,1-4H3,(H,30,33). The van der Waals surface area contributed by atoms with E-state index in [1.807, 2.05) is 13.1 Å². The maximum absolute atomic E-state index is 12.0. The van der Waals surface area contributed by atoms with Crippen molar-refractivity contribution in [2.75, 3.05) is 24.6 Å². The molecule has 0 amide bonds. The van der Waals surface area contributed by atoms with Crippen LogP contribution in [0, 0.1) is 5.92 Å². The van der Waals surface area contributed by atoms with Crippen LogP contribution >= 0.6 is 0 Å². The van der Waals surface area contributed by atoms with Crippen molar-refractivity contribution in [3.63, 3.8) is 0 Å². The van der Waals surface area contributed by atoms with Gasteiger partial charge in [-0.3, -0.25) is 4.57 Å². The highest BCUT2D eigenvalue weighted by molar-refractivity contribution is 6.99. The van der Waals surface area contributed by atoms with Crippen LogP contribution in [0.5, 0.6) is 0 Å². The summed E-state index contributed by atoms with van der Waals surface area (Å²) in [5, 5.41) is 2.64. The number of rotatable bonds is 6. The summed E-state index contributed by atoms with van der Waals surface area (Å²) >= 11 is 0. The minimum atomic E-state index is -2.52. The van der Waals surface area contributed by atoms with Crippen LogP contribution < -0.4 is 21.0 Å². The molecule has 5 nitrogen and oxygen atoms in total. The molecular weight excluding hydrogens is 450 g/mol. The molecule has 1 saturated heterocycles. The average molecular weight is 486 g/mol. The van der Waals surface area contributed by atoms with Crippen LogP contribution in [0.3, 0.4) is 0 Å². The van der Waals surface area contributed by atoms with Gasteiger partial charge in [0.1, 0.15) is 0 Å². The molecule has 0 radical (unpaired) electrons. The number of H-pyrrole nitrogens is 1. The number of hydrogen-bond donors (Lipinski definition) is 1. The number of aromatic nitrogens is 2. The van der Waals surface area contributed by atoms with Gasteiger partial charge in [-0.25, -0.2) is 4.79 Å². The molecule has 1 aliphatic heterocycles. The molecule has 5 rings (SSSR count). The normalized spacial score (nSPS) is 16.8. The van der Waals surface area contributed by atoms with E-state index in [1.54, 1.807) is 4.57 Å². The summed E-state index contributed by atoms with van der Waals surface area (Å²) in [7, 11) is -0.705. The van der Waals surface area contributed by atoms with E-state index in [-0.39, 0.29) is 10.7 Å². The number of fused-ring (bicyclic) bond motifs is 1. The molecule has 0 aliphatic carbocycles. The molecule has 3 aromatic carbocycles. The summed E-state index contributed by atoms with van der Waals surface area (Å²) in [6.45, 7) is 9.69. The molecule has 35 heavy (non-hydrogen) atoms. The Morgan fingerprint density at radius 3 is 2.20 bits per heavy atom. The highest BCUT2D eigenvalue weighted by atomic mass is 28.4. The fourth-order valence-electron chi connectivity index (χ4n) is 5.62. The van der Waals surface area contributed by atoms with Crippen molar-refractivity contribution in [2.24, 2.45) is 13.0 Å². The zero-order valence-corrected chi connectivity index (χ0v) is 22.1. The predicted molar refractivity (Wildman–Crippen MR) is 147 cm³/mol. The fourth-order valence-corrected chi connectivity index (χ4v) is 10.3. The fraction of sp³-hybridized carbons (Fsp3) is 0.345. The summed E-state index contributed by atoms with van der Waals surface area (Å²) in [6.07, 6.45) is 1.10. The molecule has 1 unspecified atom stereocenters. The molecule has 0 spiro atoms. The van der Waals surface area contributed by atoms with Crippen molar-refractivity contribution in [3.8, 4) is 0 Å². The monoisotopic (exact) mass is 485 g/mol. The minimum Gasteiger partial charge on any atom is -0.407 e. The number of hydrogen-bond acceptors (Lipinski definition) is 3. The number of anilines is 1. The van der Waals surface area contributed by atoms with Gasteiger partial charge in [0, 0.05) is 38.3 Å². The molecule has 0 bridgehead atoms. The maximum Gasteiger partial charge on any atom is 0.326 e. The molecule has 1 N–H and O–H groups in total. The lowest BCUT2D eigenvalue weighted by Gasteiger charge is -2.43. The third kappa shape index (κ3) is 4.26. The van der Waals surface area contributed by atoms with E-state index in [9.17, 15) is 4.79 Å². The van der Waals surface area contributed by atoms with Gasteiger partial charge < -0.3 is 14.3 Å². The lowest BCUT2D eigenvalue weighted by atomic mass is 10.1. The summed E-state index contributed by atoms with van der Waals surface area (Å²) in [5.74, 6) is 0.461. The van der Waals surface area contributed by atoms with E-state index >= 15 is 0 Å². The Hall–Kier alpha value is -3.09. The number of nitrogens with zero attached hydrogens (tertiary/aromatic N) is 2. The molecule has 1 aromatic heterocycles. The van der Waals surface area contributed by atoms with Gasteiger partial charge in [0.25, 0.3) is 8.32 Å². The summed E-state index contributed by atoms with van der Waals surface area (Å²) in [6, 6.07) is 28.0. The number of benzene rings is 3. The van der Waals surface area contributed by atoms with E-state index < -0.39 is 8.32 Å². The summed E-state index contributed by atoms with van der Waals surface area (Å²) < 4.78 is 8.87. The van der Waals surface area contributed by atoms with Gasteiger partial charge in [-0.1, -0.05) is 81.4 Å². The van der Waals surface area contributed by atoms with Crippen LogP contribution in [0.1, 0.15) is 27.2 Å². The van der Waals surface area contributed by atoms with Crippen molar-refractivity contribution < 1.29 is 4.43 Å². The smallest absolute Gasteiger partial charge is 0.326 e. The lowest BCUT2D eigenvalue weighted by Crippen LogP contribution is -2.67. The number of imidazole rings is 1. The minimum absolute atomic E-state index is 0.0158. The van der Waals surface area contributed by atoms with E-state index in [2.05, 4.69) is 103 Å². The van der Waals surface area contributed by atoms with Crippen molar-refractivity contribution in [1.29, 1.82) is 0 Å². The van der Waals surface area contributed by atoms with E-state index in [1.165, 1.54) is 16.1 Å². The SMILES string of the molecule is Cn1c(=O)[nH]c2ccc(N3CCC(CO[Si](c4ccccc4)(c4ccccc4)C(C)(C)C)C3)cc21. The third-order valence-corrected chi connectivity index (χ3v) is 12.5. The van der Waals surface area contributed by atoms with Crippen molar-refractivity contribution in [1.82, 2.24) is 9.55 Å². The molecule has 1 aliphatic rings. The van der Waals surface area contributed by atoms with Gasteiger partial charge in [-0.15, -0.1) is 0 Å². The molecular formula is C29H35N3O2Si. The first kappa shape index (κ1) is 23.6. The summed E-state index contributed by atoms with van der Waals surface area (Å²) in [5.41, 5.74) is 2.92. The zero-order chi connectivity index (χ0) is 24.6. The lowest BCUT2D eigenvalue weighted by molar-refractivity contribution is 0.246. The Labute approximate surface area is 208 Å². The number of nitrogens with one attached hydrogen (secondary N) is 1. The second-order valence-corrected chi connectivity index (χ2v) is 15.1. The number of aryl methyl sites for hydroxylation is 1. The van der Waals surface area contributed by atoms with Crippen LogP contribution in [0.25, 0.3) is 11.0 Å². The molecule has 6 heteroatoms. The molecule has 1 atom stereocenters. The quantitative estimate of drug-likeness (QED) is 0.415. The largest absolute Gasteiger partial charge is 0.407 e. The summed E-state index contributed by atoms with van der Waals surface area (Å²) in [4.78, 5) is 17.3. The second-order valence-electron chi connectivity index (χ2n) is 10.8. The van der Waals surface area contributed by atoms with Crippen LogP contribution in [0.2, 0.25) is 5.04 Å². The Kier molecular flexibility index (Phi) is 6.19. The maximum atomic E-state index is 12.0. The zero-order valence-electron chi connectivity index (χ0n) is 21.1. The van der Waals surface area contributed by atoms with E-state index in [4.69, 9.17) is 4.43 Å². The van der Waals surface area contributed by atoms with Crippen molar-refractivity contribution >= 4 is 35.4 Å². The first-order valence-corrected chi connectivity index (χ1v) is 14.4. The highest BCUT2D eigenvalue weighted by Gasteiger charge is 2.50. The van der Waals surface area contributed by atoms with Crippen LogP contribution in [0.15, 0.2) is 83.7 Å². The number of aromatic amines is 1. The Morgan fingerprint density at radius 2 is 1.60 bits per heavy atom. The van der Waals surface area contributed by atoms with Crippen LogP contribution in [-0.4, -0.2) is 37.6 Å². The Bertz CT molecular complexity index is 1320. The first-order chi connectivity index (χ1) is 16.8. The molecule has 4 aromatic rings. The van der Waals surface area contributed by atoms with Gasteiger partial charge in [-0.2, -0.15) is 0 Å². The van der Waals surface area contributed by atoms with Gasteiger partial charge >= 0.3 is 5.69 Å². The second kappa shape index (κ2) is 9.17. The average Bonchev–Trinajstić information content (AvgIpc) is 3.44. The molecule has 1 fully saturated rings. The highest BCUT2D eigenvalue weighted by Crippen LogP contribution is 2.37. The molecule has 0 saturated carbocycles. The van der Waals surface area contributed by atoms with Gasteiger partial charge in [0.15, 0.2) is 0 Å². The Morgan fingerprint density at radius 1 is 0.971 bits per heavy atom. The van der Waals surface area contributed by atoms with Gasteiger partial charge in [-0.05, 0) is 40.0 Å². The van der Waals surface area contributed by atoms with E-state index in [0.29, 0.717) is 5.92 Å². The van der Waals surface area contributed by atoms with Gasteiger partial charge in [0.2, 0.25) is 0 Å². The Balaban J connectivity index is 1.40. The van der Waals surface area contributed by atoms with Gasteiger partial charge in [0.05, 0.1) is 11.0 Å². The van der Waals surface area contributed by atoms with E-state index in [0.717, 1.165) is 37.2 Å². The predicted octanol–water partition coefficient (Wildman–Crippen LogP) is 4.27. The third-order valence-electron chi connectivity index (χ3n) is 7.49. The molecule has 182 valence electrons. The van der Waals surface area contributed by atoms with Crippen LogP contribution in [0.4, 0.5) is 5.69 Å². The first-order valence-electron chi connectivity index (χ1n) is 12.5.